The maximum Gasteiger partial charge on any atom is 0.255 e. The Bertz CT molecular complexity index is 1090. The van der Waals surface area contributed by atoms with Gasteiger partial charge in [0.05, 0.1) is 29.2 Å². The van der Waals surface area contributed by atoms with Crippen LogP contribution in [-0.2, 0) is 0 Å². The minimum absolute atomic E-state index is 0.176. The van der Waals surface area contributed by atoms with Crippen LogP contribution in [0.25, 0.3) is 33.3 Å². The molecular formula is C18H18N6O. The maximum atomic E-state index is 12.5. The largest absolute Gasteiger partial charge is 0.347 e. The van der Waals surface area contributed by atoms with E-state index in [-0.39, 0.29) is 11.4 Å². The smallest absolute Gasteiger partial charge is 0.255 e. The number of aromatic amines is 2. The fourth-order valence-electron chi connectivity index (χ4n) is 2.78. The van der Waals surface area contributed by atoms with Crippen LogP contribution in [0.5, 0.6) is 0 Å². The summed E-state index contributed by atoms with van der Waals surface area (Å²) in [4.78, 5) is 24.7. The minimum Gasteiger partial charge on any atom is -0.347 e. The van der Waals surface area contributed by atoms with Gasteiger partial charge in [0.25, 0.3) is 5.91 Å². The number of hydrogen-bond donors (Lipinski definition) is 3. The summed E-state index contributed by atoms with van der Waals surface area (Å²) in [5, 5.41) is 11.0. The third-order valence-electron chi connectivity index (χ3n) is 3.87. The molecule has 0 aliphatic rings. The Morgan fingerprint density at radius 3 is 2.84 bits per heavy atom. The molecule has 0 spiro atoms. The first-order valence-electron chi connectivity index (χ1n) is 8.01. The monoisotopic (exact) mass is 334 g/mol. The normalized spacial score (nSPS) is 12.0. The van der Waals surface area contributed by atoms with Crippen LogP contribution in [0.15, 0.2) is 36.8 Å². The van der Waals surface area contributed by atoms with Crippen molar-refractivity contribution in [3.8, 4) is 11.3 Å². The van der Waals surface area contributed by atoms with Crippen molar-refractivity contribution in [1.29, 1.82) is 0 Å². The molecule has 3 aromatic heterocycles. The second-order valence-corrected chi connectivity index (χ2v) is 7.00. The highest BCUT2D eigenvalue weighted by Gasteiger charge is 2.20. The molecule has 1 aromatic carbocycles. The predicted molar refractivity (Wildman–Crippen MR) is 96.2 cm³/mol. The van der Waals surface area contributed by atoms with Crippen molar-refractivity contribution in [2.45, 2.75) is 26.3 Å². The van der Waals surface area contributed by atoms with E-state index in [1.54, 1.807) is 18.6 Å². The molecule has 4 rings (SSSR count). The number of H-pyrrole nitrogens is 2. The average Bonchev–Trinajstić information content (AvgIpc) is 3.18. The number of nitrogens with one attached hydrogen (secondary N) is 3. The van der Waals surface area contributed by atoms with Crippen LogP contribution in [0.3, 0.4) is 0 Å². The Balaban J connectivity index is 1.84. The molecule has 0 saturated heterocycles. The lowest BCUT2D eigenvalue weighted by Gasteiger charge is -2.20. The van der Waals surface area contributed by atoms with Gasteiger partial charge in [0.1, 0.15) is 5.52 Å². The molecule has 126 valence electrons. The number of aromatic nitrogens is 5. The number of nitrogens with zero attached hydrogens (tertiary/aromatic N) is 3. The van der Waals surface area contributed by atoms with Gasteiger partial charge >= 0.3 is 0 Å². The number of carbonyl (C=O) groups excluding carboxylic acids is 1. The number of fused-ring (bicyclic) bond motifs is 2. The molecule has 0 atom stereocenters. The van der Waals surface area contributed by atoms with Gasteiger partial charge in [-0.25, -0.2) is 9.97 Å². The Morgan fingerprint density at radius 1 is 1.20 bits per heavy atom. The van der Waals surface area contributed by atoms with E-state index in [4.69, 9.17) is 0 Å². The van der Waals surface area contributed by atoms with E-state index >= 15 is 0 Å². The highest BCUT2D eigenvalue weighted by atomic mass is 16.1. The van der Waals surface area contributed by atoms with Crippen LogP contribution < -0.4 is 5.32 Å². The van der Waals surface area contributed by atoms with Crippen molar-refractivity contribution in [2.24, 2.45) is 0 Å². The lowest BCUT2D eigenvalue weighted by Crippen LogP contribution is -2.40. The van der Waals surface area contributed by atoms with Gasteiger partial charge in [-0.15, -0.1) is 0 Å². The van der Waals surface area contributed by atoms with Crippen LogP contribution in [0.1, 0.15) is 31.1 Å². The van der Waals surface area contributed by atoms with E-state index in [0.717, 1.165) is 16.5 Å². The number of amides is 1. The summed E-state index contributed by atoms with van der Waals surface area (Å²) in [6, 6.07) is 5.88. The van der Waals surface area contributed by atoms with E-state index in [9.17, 15) is 4.79 Å². The van der Waals surface area contributed by atoms with E-state index in [1.165, 1.54) is 0 Å². The third-order valence-corrected chi connectivity index (χ3v) is 3.87. The van der Waals surface area contributed by atoms with Crippen molar-refractivity contribution in [3.63, 3.8) is 0 Å². The SMILES string of the molecule is CC(C)(C)NC(=O)c1c[nH]c2ncc(-c3cccc4cn[nH]c34)nc12. The van der Waals surface area contributed by atoms with Gasteiger partial charge in [-0.2, -0.15) is 5.10 Å². The summed E-state index contributed by atoms with van der Waals surface area (Å²) in [7, 11) is 0. The predicted octanol–water partition coefficient (Wildman–Crippen LogP) is 3.03. The van der Waals surface area contributed by atoms with Gasteiger partial charge in [-0.05, 0) is 20.8 Å². The standard InChI is InChI=1S/C18H18N6O/c1-18(2,3)23-17(25)12-8-19-16-15(12)22-13(9-20-16)11-6-4-5-10-7-21-24-14(10)11/h4-9H,1-3H3,(H,19,20)(H,21,24)(H,23,25). The number of hydrogen-bond acceptors (Lipinski definition) is 4. The lowest BCUT2D eigenvalue weighted by molar-refractivity contribution is 0.0921. The molecule has 0 unspecified atom stereocenters. The zero-order valence-corrected chi connectivity index (χ0v) is 14.2. The van der Waals surface area contributed by atoms with E-state index in [2.05, 4.69) is 30.5 Å². The summed E-state index contributed by atoms with van der Waals surface area (Å²) < 4.78 is 0. The molecule has 1 amide bonds. The summed E-state index contributed by atoms with van der Waals surface area (Å²) in [6.07, 6.45) is 5.11. The Kier molecular flexibility index (Phi) is 3.31. The van der Waals surface area contributed by atoms with Crippen LogP contribution in [0.2, 0.25) is 0 Å². The number of rotatable bonds is 2. The number of carbonyl (C=O) groups is 1. The van der Waals surface area contributed by atoms with E-state index < -0.39 is 0 Å². The van der Waals surface area contributed by atoms with Crippen LogP contribution in [-0.4, -0.2) is 36.6 Å². The summed E-state index contributed by atoms with van der Waals surface area (Å²) in [6.45, 7) is 5.82. The molecule has 7 nitrogen and oxygen atoms in total. The van der Waals surface area contributed by atoms with Crippen LogP contribution in [0.4, 0.5) is 0 Å². The van der Waals surface area contributed by atoms with Crippen molar-refractivity contribution in [2.75, 3.05) is 0 Å². The molecule has 0 radical (unpaired) electrons. The molecule has 25 heavy (non-hydrogen) atoms. The lowest BCUT2D eigenvalue weighted by atomic mass is 10.1. The van der Waals surface area contributed by atoms with Crippen molar-refractivity contribution < 1.29 is 4.79 Å². The van der Waals surface area contributed by atoms with Crippen molar-refractivity contribution in [3.05, 3.63) is 42.4 Å². The maximum absolute atomic E-state index is 12.5. The van der Waals surface area contributed by atoms with Crippen LogP contribution >= 0.6 is 0 Å². The van der Waals surface area contributed by atoms with Crippen LogP contribution in [0, 0.1) is 0 Å². The number of para-hydroxylation sites is 1. The molecular weight excluding hydrogens is 316 g/mol. The fourth-order valence-corrected chi connectivity index (χ4v) is 2.78. The summed E-state index contributed by atoms with van der Waals surface area (Å²) >= 11 is 0. The molecule has 7 heteroatoms. The first-order valence-corrected chi connectivity index (χ1v) is 8.01. The van der Waals surface area contributed by atoms with Gasteiger partial charge < -0.3 is 10.3 Å². The van der Waals surface area contributed by atoms with Gasteiger partial charge in [0.15, 0.2) is 5.65 Å². The topological polar surface area (TPSA) is 99.4 Å². The molecule has 3 heterocycles. The molecule has 3 N–H and O–H groups in total. The third kappa shape index (κ3) is 2.73. The van der Waals surface area contributed by atoms with Gasteiger partial charge in [0, 0.05) is 22.7 Å². The number of benzene rings is 1. The fraction of sp³-hybridized carbons (Fsp3) is 0.222. The highest BCUT2D eigenvalue weighted by molar-refractivity contribution is 6.05. The van der Waals surface area contributed by atoms with Gasteiger partial charge in [-0.3, -0.25) is 9.89 Å². The molecule has 0 bridgehead atoms. The minimum atomic E-state index is -0.326. The second kappa shape index (κ2) is 5.41. The van der Waals surface area contributed by atoms with Crippen molar-refractivity contribution in [1.82, 2.24) is 30.5 Å². The first-order chi connectivity index (χ1) is 11.9. The molecule has 0 saturated carbocycles. The quantitative estimate of drug-likeness (QED) is 0.524. The van der Waals surface area contributed by atoms with Crippen molar-refractivity contribution >= 4 is 28.0 Å². The Morgan fingerprint density at radius 2 is 2.04 bits per heavy atom. The molecule has 4 aromatic rings. The summed E-state index contributed by atoms with van der Waals surface area (Å²) in [5.41, 5.74) is 3.77. The van der Waals surface area contributed by atoms with E-state index in [0.29, 0.717) is 22.4 Å². The Labute approximate surface area is 143 Å². The average molecular weight is 334 g/mol. The zero-order chi connectivity index (χ0) is 17.6. The second-order valence-electron chi connectivity index (χ2n) is 7.00. The molecule has 0 aliphatic heterocycles. The highest BCUT2D eigenvalue weighted by Crippen LogP contribution is 2.27. The zero-order valence-electron chi connectivity index (χ0n) is 14.2. The first kappa shape index (κ1) is 15.3. The van der Waals surface area contributed by atoms with Gasteiger partial charge in [-0.1, -0.05) is 18.2 Å². The van der Waals surface area contributed by atoms with Gasteiger partial charge in [0.2, 0.25) is 0 Å². The van der Waals surface area contributed by atoms with E-state index in [1.807, 2.05) is 39.0 Å². The summed E-state index contributed by atoms with van der Waals surface area (Å²) in [5.74, 6) is -0.176. The molecule has 0 fully saturated rings. The molecule has 0 aliphatic carbocycles. The Hall–Kier alpha value is -3.22.